The maximum absolute atomic E-state index is 12.3. The Morgan fingerprint density at radius 3 is 2.25 bits per heavy atom. The molecule has 0 radical (unpaired) electrons. The molecule has 0 spiro atoms. The normalized spacial score (nSPS) is 11.2. The molecule has 0 saturated carbocycles. The molecular weight excluding hydrogens is 445 g/mol. The first-order chi connectivity index (χ1) is 13.2. The van der Waals surface area contributed by atoms with E-state index in [9.17, 15) is 13.2 Å². The highest BCUT2D eigenvalue weighted by Gasteiger charge is 2.16. The van der Waals surface area contributed by atoms with E-state index < -0.39 is 15.9 Å². The molecule has 2 aromatic carbocycles. The fourth-order valence-electron chi connectivity index (χ4n) is 2.19. The Bertz CT molecular complexity index is 1100. The zero-order chi connectivity index (χ0) is 20.3. The molecule has 0 atom stereocenters. The van der Waals surface area contributed by atoms with Crippen LogP contribution in [0.5, 0.6) is 0 Å². The van der Waals surface area contributed by atoms with E-state index in [1.54, 1.807) is 30.3 Å². The summed E-state index contributed by atoms with van der Waals surface area (Å²) in [4.78, 5) is 12.4. The highest BCUT2D eigenvalue weighted by atomic mass is 35.5. The number of aromatic nitrogens is 2. The molecule has 0 unspecified atom stereocenters. The lowest BCUT2D eigenvalue weighted by Crippen LogP contribution is -2.12. The van der Waals surface area contributed by atoms with Gasteiger partial charge in [0.25, 0.3) is 5.91 Å². The molecule has 1 heterocycles. The van der Waals surface area contributed by atoms with E-state index in [1.165, 1.54) is 12.1 Å². The molecule has 146 valence electrons. The van der Waals surface area contributed by atoms with Gasteiger partial charge in [0, 0.05) is 6.54 Å². The first-order valence-corrected chi connectivity index (χ1v) is 10.8. The summed E-state index contributed by atoms with van der Waals surface area (Å²) in [7, 11) is -3.72. The summed E-state index contributed by atoms with van der Waals surface area (Å²) in [5.41, 5.74) is 0.974. The molecule has 1 amide bonds. The number of hydrogen-bond donors (Lipinski definition) is 3. The van der Waals surface area contributed by atoms with Gasteiger partial charge in [-0.2, -0.15) is 0 Å². The van der Waals surface area contributed by atoms with Crippen LogP contribution in [0.4, 0.5) is 10.3 Å². The molecule has 0 saturated heterocycles. The number of sulfonamides is 1. The number of hydrogen-bond acceptors (Lipinski definition) is 7. The van der Waals surface area contributed by atoms with Crippen molar-refractivity contribution >= 4 is 60.7 Å². The molecular formula is C16H13Cl2N5O3S2. The molecule has 8 nitrogen and oxygen atoms in total. The predicted molar refractivity (Wildman–Crippen MR) is 109 cm³/mol. The smallest absolute Gasteiger partial charge is 0.260 e. The summed E-state index contributed by atoms with van der Waals surface area (Å²) in [6.07, 6.45) is 0. The Morgan fingerprint density at radius 2 is 1.64 bits per heavy atom. The molecule has 0 bridgehead atoms. The maximum Gasteiger partial charge on any atom is 0.260 e. The Labute approximate surface area is 174 Å². The molecule has 0 fully saturated rings. The number of nitrogens with one attached hydrogen (secondary N) is 2. The topological polar surface area (TPSA) is 127 Å². The molecule has 3 aromatic rings. The van der Waals surface area contributed by atoms with E-state index >= 15 is 0 Å². The Morgan fingerprint density at radius 1 is 1.04 bits per heavy atom. The van der Waals surface area contributed by atoms with Crippen LogP contribution in [0.15, 0.2) is 47.4 Å². The SMILES string of the molecule is NS(=O)(=O)c1ccc(CNc2nnc(NC(=O)c3c(Cl)cccc3Cl)s2)cc1. The Hall–Kier alpha value is -2.24. The van der Waals surface area contributed by atoms with Gasteiger partial charge in [0.1, 0.15) is 0 Å². The zero-order valence-electron chi connectivity index (χ0n) is 14.0. The number of primary sulfonamides is 1. The average Bonchev–Trinajstić information content (AvgIpc) is 3.07. The van der Waals surface area contributed by atoms with Crippen molar-refractivity contribution in [1.29, 1.82) is 0 Å². The molecule has 28 heavy (non-hydrogen) atoms. The molecule has 3 rings (SSSR count). The second-order valence-corrected chi connectivity index (χ2v) is 8.86. The van der Waals surface area contributed by atoms with Crippen molar-refractivity contribution in [1.82, 2.24) is 10.2 Å². The fourth-order valence-corrected chi connectivity index (χ4v) is 3.91. The van der Waals surface area contributed by atoms with Crippen molar-refractivity contribution < 1.29 is 13.2 Å². The number of anilines is 2. The molecule has 0 aliphatic carbocycles. The number of benzene rings is 2. The first kappa shape index (κ1) is 20.5. The van der Waals surface area contributed by atoms with E-state index in [4.69, 9.17) is 28.3 Å². The zero-order valence-corrected chi connectivity index (χ0v) is 17.2. The summed E-state index contributed by atoms with van der Waals surface area (Å²) in [5, 5.41) is 19.7. The van der Waals surface area contributed by atoms with Gasteiger partial charge < -0.3 is 5.32 Å². The number of rotatable bonds is 6. The van der Waals surface area contributed by atoms with Crippen LogP contribution in [-0.2, 0) is 16.6 Å². The minimum atomic E-state index is -3.72. The van der Waals surface area contributed by atoms with Crippen LogP contribution in [0.2, 0.25) is 10.0 Å². The van der Waals surface area contributed by atoms with Crippen molar-refractivity contribution in [3.05, 3.63) is 63.6 Å². The highest BCUT2D eigenvalue weighted by Crippen LogP contribution is 2.27. The van der Waals surface area contributed by atoms with Crippen molar-refractivity contribution in [3.8, 4) is 0 Å². The van der Waals surface area contributed by atoms with Crippen LogP contribution in [0.3, 0.4) is 0 Å². The third-order valence-corrected chi connectivity index (χ3v) is 5.89. The number of carbonyl (C=O) groups excluding carboxylic acids is 1. The molecule has 0 aliphatic heterocycles. The van der Waals surface area contributed by atoms with Gasteiger partial charge in [0.15, 0.2) is 0 Å². The minimum Gasteiger partial charge on any atom is -0.356 e. The largest absolute Gasteiger partial charge is 0.356 e. The number of nitrogens with zero attached hydrogens (tertiary/aromatic N) is 2. The van der Waals surface area contributed by atoms with E-state index in [0.29, 0.717) is 11.7 Å². The summed E-state index contributed by atoms with van der Waals surface area (Å²) in [6, 6.07) is 10.9. The molecule has 4 N–H and O–H groups in total. The molecule has 1 aromatic heterocycles. The van der Waals surface area contributed by atoms with E-state index in [1.807, 2.05) is 0 Å². The third-order valence-electron chi connectivity index (χ3n) is 3.53. The fraction of sp³-hybridized carbons (Fsp3) is 0.0625. The van der Waals surface area contributed by atoms with Crippen LogP contribution >= 0.6 is 34.5 Å². The lowest BCUT2D eigenvalue weighted by Gasteiger charge is -2.05. The molecule has 0 aliphatic rings. The third kappa shape index (κ3) is 4.97. The van der Waals surface area contributed by atoms with Crippen molar-refractivity contribution in [3.63, 3.8) is 0 Å². The van der Waals surface area contributed by atoms with Gasteiger partial charge >= 0.3 is 0 Å². The van der Waals surface area contributed by atoms with Crippen molar-refractivity contribution in [2.75, 3.05) is 10.6 Å². The van der Waals surface area contributed by atoms with Crippen LogP contribution in [0, 0.1) is 0 Å². The predicted octanol–water partition coefficient (Wildman–Crippen LogP) is 3.36. The van der Waals surface area contributed by atoms with Gasteiger partial charge in [-0.1, -0.05) is 52.7 Å². The highest BCUT2D eigenvalue weighted by molar-refractivity contribution is 7.89. The lowest BCUT2D eigenvalue weighted by molar-refractivity contribution is 0.102. The van der Waals surface area contributed by atoms with Crippen molar-refractivity contribution in [2.24, 2.45) is 5.14 Å². The van der Waals surface area contributed by atoms with Crippen LogP contribution in [0.25, 0.3) is 0 Å². The standard InChI is InChI=1S/C16H13Cl2N5O3S2/c17-11-2-1-3-12(18)13(11)14(24)21-16-23-22-15(27-16)20-8-9-4-6-10(7-5-9)28(19,25)26/h1-7H,8H2,(H,20,22)(H2,19,25,26)(H,21,23,24). The van der Waals surface area contributed by atoms with E-state index in [0.717, 1.165) is 16.9 Å². The number of halogens is 2. The maximum atomic E-state index is 12.3. The Kier molecular flexibility index (Phi) is 6.16. The first-order valence-electron chi connectivity index (χ1n) is 7.68. The van der Waals surface area contributed by atoms with Gasteiger partial charge in [-0.25, -0.2) is 13.6 Å². The summed E-state index contributed by atoms with van der Waals surface area (Å²) < 4.78 is 22.5. The number of nitrogens with two attached hydrogens (primary N) is 1. The van der Waals surface area contributed by atoms with E-state index in [2.05, 4.69) is 20.8 Å². The van der Waals surface area contributed by atoms with Gasteiger partial charge in [-0.15, -0.1) is 10.2 Å². The van der Waals surface area contributed by atoms with Crippen LogP contribution < -0.4 is 15.8 Å². The van der Waals surface area contributed by atoms with Crippen LogP contribution in [-0.4, -0.2) is 24.5 Å². The number of amides is 1. The van der Waals surface area contributed by atoms with Gasteiger partial charge in [0.2, 0.25) is 20.3 Å². The summed E-state index contributed by atoms with van der Waals surface area (Å²) >= 11 is 13.2. The summed E-state index contributed by atoms with van der Waals surface area (Å²) in [6.45, 7) is 0.379. The average molecular weight is 458 g/mol. The second kappa shape index (κ2) is 8.41. The van der Waals surface area contributed by atoms with Crippen LogP contribution in [0.1, 0.15) is 15.9 Å². The quantitative estimate of drug-likeness (QED) is 0.520. The molecule has 12 heteroatoms. The lowest BCUT2D eigenvalue weighted by atomic mass is 10.2. The van der Waals surface area contributed by atoms with Gasteiger partial charge in [0.05, 0.1) is 20.5 Å². The minimum absolute atomic E-state index is 0.0374. The number of carbonyl (C=O) groups is 1. The monoisotopic (exact) mass is 457 g/mol. The second-order valence-electron chi connectivity index (χ2n) is 5.51. The van der Waals surface area contributed by atoms with Crippen molar-refractivity contribution in [2.45, 2.75) is 11.4 Å². The summed E-state index contributed by atoms with van der Waals surface area (Å²) in [5.74, 6) is -0.489. The van der Waals surface area contributed by atoms with Gasteiger partial charge in [-0.3, -0.25) is 10.1 Å². The Balaban J connectivity index is 1.62. The van der Waals surface area contributed by atoms with E-state index in [-0.39, 0.29) is 25.6 Å². The van der Waals surface area contributed by atoms with Gasteiger partial charge in [-0.05, 0) is 29.8 Å².